The predicted octanol–water partition coefficient (Wildman–Crippen LogP) is 1.50. The zero-order chi connectivity index (χ0) is 20.0. The Labute approximate surface area is 173 Å². The van der Waals surface area contributed by atoms with Crippen LogP contribution in [0.2, 0.25) is 0 Å². The highest BCUT2D eigenvalue weighted by Gasteiger charge is 2.46. The van der Waals surface area contributed by atoms with Gasteiger partial charge in [-0.3, -0.25) is 14.2 Å². The molecule has 0 saturated carbocycles. The molecule has 5 heterocycles. The number of piperidine rings is 1. The first-order chi connectivity index (χ1) is 14.2. The van der Waals surface area contributed by atoms with Gasteiger partial charge in [-0.15, -0.1) is 10.2 Å². The van der Waals surface area contributed by atoms with Gasteiger partial charge in [0.05, 0.1) is 12.6 Å². The van der Waals surface area contributed by atoms with Gasteiger partial charge >= 0.3 is 0 Å². The number of aromatic nitrogens is 3. The van der Waals surface area contributed by atoms with Crippen LogP contribution < -0.4 is 10.5 Å². The first kappa shape index (κ1) is 18.7. The number of hydrogen-bond donors (Lipinski definition) is 0. The van der Waals surface area contributed by atoms with E-state index in [1.54, 1.807) is 23.3 Å². The largest absolute Gasteiger partial charge is 0.383 e. The number of ether oxygens (including phenoxy) is 1. The van der Waals surface area contributed by atoms with Crippen molar-refractivity contribution in [3.05, 3.63) is 39.8 Å². The van der Waals surface area contributed by atoms with Gasteiger partial charge in [-0.2, -0.15) is 0 Å². The lowest BCUT2D eigenvalue weighted by atomic mass is 9.78. The maximum Gasteiger partial charge on any atom is 0.251 e. The molecule has 0 radical (unpaired) electrons. The fourth-order valence-electron chi connectivity index (χ4n) is 5.37. The fourth-order valence-corrected chi connectivity index (χ4v) is 5.95. The Morgan fingerprint density at radius 1 is 1.34 bits per heavy atom. The topological polar surface area (TPSA) is 80.6 Å². The zero-order valence-electron chi connectivity index (χ0n) is 16.4. The van der Waals surface area contributed by atoms with Gasteiger partial charge in [0.2, 0.25) is 11.0 Å². The molecular formula is C20H25N5O3S. The van der Waals surface area contributed by atoms with Gasteiger partial charge in [-0.25, -0.2) is 0 Å². The Balaban J connectivity index is 1.54. The highest BCUT2D eigenvalue weighted by molar-refractivity contribution is 7.13. The van der Waals surface area contributed by atoms with Crippen LogP contribution in [-0.4, -0.2) is 65.0 Å². The van der Waals surface area contributed by atoms with Crippen LogP contribution in [0.5, 0.6) is 0 Å². The fraction of sp³-hybridized carbons (Fsp3) is 0.600. The molecule has 9 heteroatoms. The third-order valence-electron chi connectivity index (χ3n) is 6.54. The van der Waals surface area contributed by atoms with Gasteiger partial charge in [-0.05, 0) is 25.3 Å². The van der Waals surface area contributed by atoms with Crippen molar-refractivity contribution in [3.8, 4) is 0 Å². The van der Waals surface area contributed by atoms with E-state index < -0.39 is 6.04 Å². The Bertz CT molecular complexity index is 946. The first-order valence-corrected chi connectivity index (χ1v) is 11.1. The molecule has 3 aliphatic heterocycles. The molecule has 0 aromatic carbocycles. The van der Waals surface area contributed by atoms with Gasteiger partial charge in [0.25, 0.3) is 5.56 Å². The number of methoxy groups -OCH3 is 1. The van der Waals surface area contributed by atoms with Crippen LogP contribution >= 0.6 is 11.3 Å². The molecule has 0 unspecified atom stereocenters. The lowest BCUT2D eigenvalue weighted by Gasteiger charge is -2.47. The first-order valence-electron chi connectivity index (χ1n) is 10.2. The van der Waals surface area contributed by atoms with Crippen LogP contribution in [0.4, 0.5) is 5.13 Å². The van der Waals surface area contributed by atoms with Crippen molar-refractivity contribution in [3.63, 3.8) is 0 Å². The van der Waals surface area contributed by atoms with E-state index in [0.717, 1.165) is 43.2 Å². The average molecular weight is 416 g/mol. The Morgan fingerprint density at radius 2 is 2.24 bits per heavy atom. The number of amides is 1. The van der Waals surface area contributed by atoms with Crippen LogP contribution in [0.3, 0.4) is 0 Å². The summed E-state index contributed by atoms with van der Waals surface area (Å²) in [5, 5.41) is 9.10. The van der Waals surface area contributed by atoms with Gasteiger partial charge in [0.1, 0.15) is 11.6 Å². The van der Waals surface area contributed by atoms with E-state index >= 15 is 0 Å². The minimum Gasteiger partial charge on any atom is -0.383 e. The molecular weight excluding hydrogens is 390 g/mol. The Hall–Kier alpha value is -2.26. The van der Waals surface area contributed by atoms with Crippen molar-refractivity contribution in [2.24, 2.45) is 5.92 Å². The second kappa shape index (κ2) is 7.53. The third kappa shape index (κ3) is 3.16. The lowest BCUT2D eigenvalue weighted by molar-refractivity contribution is -0.139. The quantitative estimate of drug-likeness (QED) is 0.753. The van der Waals surface area contributed by atoms with E-state index in [-0.39, 0.29) is 29.3 Å². The van der Waals surface area contributed by atoms with E-state index in [2.05, 4.69) is 15.1 Å². The van der Waals surface area contributed by atoms with E-state index in [1.807, 2.05) is 17.0 Å². The molecule has 2 saturated heterocycles. The summed E-state index contributed by atoms with van der Waals surface area (Å²) in [6.07, 6.45) is 2.85. The smallest absolute Gasteiger partial charge is 0.251 e. The zero-order valence-corrected chi connectivity index (χ0v) is 17.3. The molecule has 3 aliphatic rings. The van der Waals surface area contributed by atoms with E-state index in [1.165, 1.54) is 11.3 Å². The molecule has 0 N–H and O–H groups in total. The highest BCUT2D eigenvalue weighted by atomic mass is 32.1. The standard InChI is InChI=1S/C20H25N5O3S/c1-28-11-15-4-3-7-24(15)19(27)18-14-8-13(16-5-2-6-17(26)25(16)18)9-23(10-14)20-22-21-12-29-20/h2,5-6,12-15,18H,3-4,7-11H2,1H3/t13-,14+,15+,18-/m1/s1. The molecule has 0 aliphatic carbocycles. The summed E-state index contributed by atoms with van der Waals surface area (Å²) in [4.78, 5) is 30.8. The number of fused-ring (bicyclic) bond motifs is 4. The molecule has 154 valence electrons. The van der Waals surface area contributed by atoms with Crippen LogP contribution in [0, 0.1) is 5.92 Å². The SMILES string of the molecule is COC[C@@H]1CCCN1C(=O)[C@H]1[C@H]2C[C@H](CN(c3nncs3)C2)c2cccc(=O)n21. The second-order valence-electron chi connectivity index (χ2n) is 8.21. The highest BCUT2D eigenvalue weighted by Crippen LogP contribution is 2.43. The van der Waals surface area contributed by atoms with E-state index in [0.29, 0.717) is 13.2 Å². The van der Waals surface area contributed by atoms with Crippen molar-refractivity contribution in [1.29, 1.82) is 0 Å². The summed E-state index contributed by atoms with van der Waals surface area (Å²) >= 11 is 1.52. The van der Waals surface area contributed by atoms with Gasteiger partial charge in [0.15, 0.2) is 0 Å². The normalized spacial score (nSPS) is 28.4. The van der Waals surface area contributed by atoms with E-state index in [9.17, 15) is 9.59 Å². The van der Waals surface area contributed by atoms with Crippen LogP contribution in [0.15, 0.2) is 28.5 Å². The molecule has 8 nitrogen and oxygen atoms in total. The van der Waals surface area contributed by atoms with Gasteiger partial charge in [0, 0.05) is 50.3 Å². The van der Waals surface area contributed by atoms with Crippen LogP contribution in [0.1, 0.15) is 36.9 Å². The summed E-state index contributed by atoms with van der Waals surface area (Å²) in [7, 11) is 1.67. The monoisotopic (exact) mass is 415 g/mol. The molecule has 29 heavy (non-hydrogen) atoms. The maximum atomic E-state index is 13.8. The molecule has 2 bridgehead atoms. The number of anilines is 1. The maximum absolute atomic E-state index is 13.8. The van der Waals surface area contributed by atoms with Crippen molar-refractivity contribution in [2.75, 3.05) is 38.3 Å². The Kier molecular flexibility index (Phi) is 4.87. The van der Waals surface area contributed by atoms with Gasteiger partial charge in [-0.1, -0.05) is 17.4 Å². The Morgan fingerprint density at radius 3 is 3.03 bits per heavy atom. The van der Waals surface area contributed by atoms with Crippen LogP contribution in [-0.2, 0) is 9.53 Å². The molecule has 5 rings (SSSR count). The van der Waals surface area contributed by atoms with E-state index in [4.69, 9.17) is 4.74 Å². The number of rotatable bonds is 4. The van der Waals surface area contributed by atoms with Crippen molar-refractivity contribution in [1.82, 2.24) is 19.7 Å². The van der Waals surface area contributed by atoms with Crippen LogP contribution in [0.25, 0.3) is 0 Å². The number of nitrogens with zero attached hydrogens (tertiary/aromatic N) is 5. The number of hydrogen-bond acceptors (Lipinski definition) is 7. The summed E-state index contributed by atoms with van der Waals surface area (Å²) in [5.74, 6) is 0.340. The number of carbonyl (C=O) groups excluding carboxylic acids is 1. The molecule has 4 atom stereocenters. The lowest BCUT2D eigenvalue weighted by Crippen LogP contribution is -2.55. The summed E-state index contributed by atoms with van der Waals surface area (Å²) in [6, 6.07) is 5.01. The molecule has 2 fully saturated rings. The minimum atomic E-state index is -0.469. The second-order valence-corrected chi connectivity index (χ2v) is 9.02. The third-order valence-corrected chi connectivity index (χ3v) is 7.29. The van der Waals surface area contributed by atoms with Crippen molar-refractivity contribution < 1.29 is 9.53 Å². The number of likely N-dealkylation sites (tertiary alicyclic amines) is 1. The molecule has 2 aromatic rings. The summed E-state index contributed by atoms with van der Waals surface area (Å²) in [6.45, 7) is 2.79. The minimum absolute atomic E-state index is 0.0571. The molecule has 0 spiro atoms. The van der Waals surface area contributed by atoms with Crippen molar-refractivity contribution >= 4 is 22.4 Å². The number of carbonyl (C=O) groups is 1. The van der Waals surface area contributed by atoms with Gasteiger partial charge < -0.3 is 14.5 Å². The predicted molar refractivity (Wildman–Crippen MR) is 109 cm³/mol. The average Bonchev–Trinajstić information content (AvgIpc) is 3.41. The molecule has 1 amide bonds. The summed E-state index contributed by atoms with van der Waals surface area (Å²) in [5.41, 5.74) is 2.62. The number of pyridine rings is 1. The molecule has 2 aromatic heterocycles. The summed E-state index contributed by atoms with van der Waals surface area (Å²) < 4.78 is 7.13. The van der Waals surface area contributed by atoms with Crippen molar-refractivity contribution in [2.45, 2.75) is 37.3 Å².